The maximum absolute atomic E-state index is 4.18. The lowest BCUT2D eigenvalue weighted by Gasteiger charge is -2.30. The van der Waals surface area contributed by atoms with Crippen molar-refractivity contribution in [1.29, 1.82) is 0 Å². The highest BCUT2D eigenvalue weighted by atomic mass is 15.2. The summed E-state index contributed by atoms with van der Waals surface area (Å²) in [5.41, 5.74) is 2.69. The van der Waals surface area contributed by atoms with Crippen LogP contribution >= 0.6 is 0 Å². The molecule has 1 saturated heterocycles. The van der Waals surface area contributed by atoms with Crippen molar-refractivity contribution in [3.8, 4) is 0 Å². The summed E-state index contributed by atoms with van der Waals surface area (Å²) in [7, 11) is 0. The second-order valence-electron chi connectivity index (χ2n) is 5.30. The molecule has 1 saturated carbocycles. The average molecular weight is 219 g/mol. The van der Waals surface area contributed by atoms with E-state index in [1.54, 1.807) is 0 Å². The minimum atomic E-state index is 0.616. The van der Waals surface area contributed by atoms with Crippen molar-refractivity contribution < 1.29 is 0 Å². The zero-order valence-electron chi connectivity index (χ0n) is 10.1. The number of nitrogens with one attached hydrogen (secondary N) is 1. The third-order valence-corrected chi connectivity index (χ3v) is 4.29. The van der Waals surface area contributed by atoms with Gasteiger partial charge in [0.15, 0.2) is 0 Å². The number of aromatic amines is 1. The fraction of sp³-hybridized carbons (Fsp3) is 0.769. The van der Waals surface area contributed by atoms with Gasteiger partial charge < -0.3 is 0 Å². The van der Waals surface area contributed by atoms with Gasteiger partial charge in [-0.25, -0.2) is 0 Å². The number of likely N-dealkylation sites (tertiary alicyclic amines) is 1. The fourth-order valence-corrected chi connectivity index (χ4v) is 3.47. The molecular formula is C13H21N3. The number of hydrogen-bond acceptors (Lipinski definition) is 2. The van der Waals surface area contributed by atoms with Gasteiger partial charge in [0.2, 0.25) is 0 Å². The van der Waals surface area contributed by atoms with Gasteiger partial charge in [-0.1, -0.05) is 12.8 Å². The highest BCUT2D eigenvalue weighted by Gasteiger charge is 2.34. The van der Waals surface area contributed by atoms with E-state index in [1.807, 2.05) is 6.20 Å². The van der Waals surface area contributed by atoms with Crippen LogP contribution in [0.5, 0.6) is 0 Å². The van der Waals surface area contributed by atoms with Gasteiger partial charge in [0.1, 0.15) is 0 Å². The molecule has 0 amide bonds. The first-order valence-corrected chi connectivity index (χ1v) is 6.62. The Morgan fingerprint density at radius 2 is 2.06 bits per heavy atom. The molecule has 0 spiro atoms. The van der Waals surface area contributed by atoms with Gasteiger partial charge in [-0.05, 0) is 44.7 Å². The van der Waals surface area contributed by atoms with Gasteiger partial charge in [-0.15, -0.1) is 0 Å². The molecule has 88 valence electrons. The fourth-order valence-electron chi connectivity index (χ4n) is 3.47. The number of rotatable bonds is 2. The molecule has 2 fully saturated rings. The lowest BCUT2D eigenvalue weighted by Crippen LogP contribution is -2.33. The lowest BCUT2D eigenvalue weighted by molar-refractivity contribution is 0.179. The molecule has 0 aromatic carbocycles. The van der Waals surface area contributed by atoms with Crippen molar-refractivity contribution in [3.63, 3.8) is 0 Å². The van der Waals surface area contributed by atoms with Crippen LogP contribution in [0.4, 0.5) is 0 Å². The van der Waals surface area contributed by atoms with Gasteiger partial charge in [0.25, 0.3) is 0 Å². The quantitative estimate of drug-likeness (QED) is 0.829. The van der Waals surface area contributed by atoms with E-state index in [4.69, 9.17) is 0 Å². The van der Waals surface area contributed by atoms with Crippen molar-refractivity contribution in [1.82, 2.24) is 15.1 Å². The first kappa shape index (κ1) is 10.3. The van der Waals surface area contributed by atoms with E-state index in [-0.39, 0.29) is 0 Å². The number of H-pyrrole nitrogens is 1. The van der Waals surface area contributed by atoms with Gasteiger partial charge in [-0.2, -0.15) is 5.10 Å². The Hall–Kier alpha value is -0.830. The van der Waals surface area contributed by atoms with E-state index < -0.39 is 0 Å². The maximum Gasteiger partial charge on any atom is 0.0553 e. The molecule has 1 aromatic rings. The molecule has 2 heterocycles. The monoisotopic (exact) mass is 219 g/mol. The highest BCUT2D eigenvalue weighted by molar-refractivity contribution is 5.19. The van der Waals surface area contributed by atoms with E-state index in [2.05, 4.69) is 22.0 Å². The number of hydrogen-bond donors (Lipinski definition) is 1. The standard InChI is InChI=1S/C13H21N3/c1-10-9-14-15-13(10)12-7-4-8-16(12)11-5-2-3-6-11/h9,11-12H,2-8H2,1H3,(H,14,15)/t12-/m0/s1. The summed E-state index contributed by atoms with van der Waals surface area (Å²) < 4.78 is 0. The molecular weight excluding hydrogens is 198 g/mol. The zero-order valence-corrected chi connectivity index (χ0v) is 10.1. The molecule has 0 radical (unpaired) electrons. The van der Waals surface area contributed by atoms with E-state index >= 15 is 0 Å². The van der Waals surface area contributed by atoms with Crippen molar-refractivity contribution in [3.05, 3.63) is 17.5 Å². The van der Waals surface area contributed by atoms with Crippen LogP contribution in [0, 0.1) is 6.92 Å². The van der Waals surface area contributed by atoms with Crippen LogP contribution in [-0.2, 0) is 0 Å². The van der Waals surface area contributed by atoms with Gasteiger partial charge >= 0.3 is 0 Å². The number of aryl methyl sites for hydroxylation is 1. The van der Waals surface area contributed by atoms with Crippen LogP contribution in [0.2, 0.25) is 0 Å². The van der Waals surface area contributed by atoms with Crippen LogP contribution in [0.25, 0.3) is 0 Å². The Morgan fingerprint density at radius 1 is 1.25 bits per heavy atom. The van der Waals surface area contributed by atoms with E-state index in [0.29, 0.717) is 6.04 Å². The van der Waals surface area contributed by atoms with Crippen LogP contribution in [0.15, 0.2) is 6.20 Å². The normalized spacial score (nSPS) is 27.9. The van der Waals surface area contributed by atoms with Crippen molar-refractivity contribution in [2.75, 3.05) is 6.54 Å². The van der Waals surface area contributed by atoms with Crippen LogP contribution in [0.3, 0.4) is 0 Å². The second kappa shape index (κ2) is 4.21. The molecule has 1 atom stereocenters. The molecule has 1 aliphatic carbocycles. The molecule has 1 aliphatic heterocycles. The van der Waals surface area contributed by atoms with E-state index in [9.17, 15) is 0 Å². The Bertz CT molecular complexity index is 352. The summed E-state index contributed by atoms with van der Waals surface area (Å²) in [6, 6.07) is 1.46. The average Bonchev–Trinajstić information content (AvgIpc) is 2.95. The van der Waals surface area contributed by atoms with Gasteiger partial charge in [-0.3, -0.25) is 10.00 Å². The van der Waals surface area contributed by atoms with Crippen LogP contribution in [0.1, 0.15) is 55.8 Å². The largest absolute Gasteiger partial charge is 0.292 e. The molecule has 0 unspecified atom stereocenters. The number of nitrogens with zero attached hydrogens (tertiary/aromatic N) is 2. The third-order valence-electron chi connectivity index (χ3n) is 4.29. The van der Waals surface area contributed by atoms with Gasteiger partial charge in [0, 0.05) is 6.04 Å². The zero-order chi connectivity index (χ0) is 11.0. The minimum absolute atomic E-state index is 0.616. The Kier molecular flexibility index (Phi) is 2.72. The summed E-state index contributed by atoms with van der Waals surface area (Å²) in [5.74, 6) is 0. The predicted molar refractivity (Wildman–Crippen MR) is 64.3 cm³/mol. The van der Waals surface area contributed by atoms with E-state index in [1.165, 1.54) is 56.3 Å². The molecule has 3 rings (SSSR count). The summed E-state index contributed by atoms with van der Waals surface area (Å²) in [6.07, 6.45) is 10.3. The Morgan fingerprint density at radius 3 is 2.75 bits per heavy atom. The molecule has 2 aliphatic rings. The van der Waals surface area contributed by atoms with Crippen molar-refractivity contribution in [2.24, 2.45) is 0 Å². The van der Waals surface area contributed by atoms with Crippen molar-refractivity contribution >= 4 is 0 Å². The summed E-state index contributed by atoms with van der Waals surface area (Å²) in [5, 5.41) is 7.38. The molecule has 3 nitrogen and oxygen atoms in total. The first-order chi connectivity index (χ1) is 7.86. The first-order valence-electron chi connectivity index (χ1n) is 6.62. The summed E-state index contributed by atoms with van der Waals surface area (Å²) >= 11 is 0. The molecule has 1 aromatic heterocycles. The minimum Gasteiger partial charge on any atom is -0.292 e. The smallest absolute Gasteiger partial charge is 0.0553 e. The number of aromatic nitrogens is 2. The highest BCUT2D eigenvalue weighted by Crippen LogP contribution is 2.38. The Labute approximate surface area is 97.2 Å². The van der Waals surface area contributed by atoms with Crippen LogP contribution in [-0.4, -0.2) is 27.7 Å². The van der Waals surface area contributed by atoms with E-state index in [0.717, 1.165) is 6.04 Å². The molecule has 3 heteroatoms. The van der Waals surface area contributed by atoms with Gasteiger partial charge in [0.05, 0.1) is 17.9 Å². The second-order valence-corrected chi connectivity index (χ2v) is 5.30. The summed E-state index contributed by atoms with van der Waals surface area (Å²) in [6.45, 7) is 3.46. The van der Waals surface area contributed by atoms with Crippen LogP contribution < -0.4 is 0 Å². The molecule has 0 bridgehead atoms. The third kappa shape index (κ3) is 1.67. The predicted octanol–water partition coefficient (Wildman–Crippen LogP) is 2.80. The Balaban J connectivity index is 1.81. The SMILES string of the molecule is Cc1cn[nH]c1[C@@H]1CCCN1C1CCCC1. The maximum atomic E-state index is 4.18. The summed E-state index contributed by atoms with van der Waals surface area (Å²) in [4.78, 5) is 2.73. The molecule has 16 heavy (non-hydrogen) atoms. The topological polar surface area (TPSA) is 31.9 Å². The molecule has 1 N–H and O–H groups in total. The van der Waals surface area contributed by atoms with Crippen molar-refractivity contribution in [2.45, 2.75) is 57.5 Å². The lowest BCUT2D eigenvalue weighted by atomic mass is 10.1.